The summed E-state index contributed by atoms with van der Waals surface area (Å²) in [6.45, 7) is 5.50. The highest BCUT2D eigenvalue weighted by molar-refractivity contribution is 5.91. The standard InChI is InChI=1S/C43H54O22/c1-16(2)7-12-22-24(60-41-33(54)31(52)28(49)25(14-44)61-41)13-23(48)27-30(51)38(36(63-37(22)27)20-8-10-21(56-6)11-9-20)64-42-34(55)39(35(17(3)57-42)58-18(4)46)65-43-40(59-19(5)47)32(53)29(50)26(15-45)62-43/h7-11,13,17,25-26,28-29,31-35,39-45,48-50,52-55H,12,14-15H2,1-6H3/t17-,25+,26+,28+,29+,31-,32-,33+,34+,35?,39-,40+,41+,42-,43-/m0/s1. The van der Waals surface area contributed by atoms with Gasteiger partial charge in [0.25, 0.3) is 0 Å². The summed E-state index contributed by atoms with van der Waals surface area (Å²) in [6.07, 6.45) is -23.6. The number of carbonyl (C=O) groups excluding carboxylic acids is 2. The summed E-state index contributed by atoms with van der Waals surface area (Å²) in [5, 5.41) is 95.8. The Morgan fingerprint density at radius 3 is 1.89 bits per heavy atom. The highest BCUT2D eigenvalue weighted by atomic mass is 16.8. The van der Waals surface area contributed by atoms with Gasteiger partial charge in [0.1, 0.15) is 83.2 Å². The lowest BCUT2D eigenvalue weighted by molar-refractivity contribution is -0.351. The van der Waals surface area contributed by atoms with Crippen molar-refractivity contribution in [2.45, 2.75) is 133 Å². The van der Waals surface area contributed by atoms with Crippen molar-refractivity contribution >= 4 is 22.9 Å². The third kappa shape index (κ3) is 10.4. The number of aliphatic hydroxyl groups is 8. The van der Waals surface area contributed by atoms with Gasteiger partial charge in [-0.2, -0.15) is 0 Å². The number of allylic oxidation sites excluding steroid dienone is 2. The van der Waals surface area contributed by atoms with Crippen LogP contribution < -0.4 is 19.6 Å². The second-order valence-electron chi connectivity index (χ2n) is 16.0. The maximum absolute atomic E-state index is 14.9. The van der Waals surface area contributed by atoms with Crippen LogP contribution in [0.25, 0.3) is 22.3 Å². The Labute approximate surface area is 370 Å². The second kappa shape index (κ2) is 20.7. The van der Waals surface area contributed by atoms with E-state index < -0.39 is 140 Å². The number of aliphatic hydroxyl groups excluding tert-OH is 8. The average molecular weight is 923 g/mol. The van der Waals surface area contributed by atoms with Crippen LogP contribution in [0.3, 0.4) is 0 Å². The summed E-state index contributed by atoms with van der Waals surface area (Å²) in [6, 6.07) is 7.13. The van der Waals surface area contributed by atoms with Crippen molar-refractivity contribution in [3.8, 4) is 34.3 Å². The molecular formula is C43H54O22. The Morgan fingerprint density at radius 1 is 0.723 bits per heavy atom. The molecule has 9 N–H and O–H groups in total. The molecule has 22 nitrogen and oxygen atoms in total. The van der Waals surface area contributed by atoms with Crippen LogP contribution in [-0.4, -0.2) is 170 Å². The van der Waals surface area contributed by atoms with Crippen LogP contribution >= 0.6 is 0 Å². The molecule has 2 aromatic carbocycles. The van der Waals surface area contributed by atoms with E-state index in [-0.39, 0.29) is 34.6 Å². The van der Waals surface area contributed by atoms with Gasteiger partial charge >= 0.3 is 11.9 Å². The molecule has 4 heterocycles. The second-order valence-corrected chi connectivity index (χ2v) is 16.0. The van der Waals surface area contributed by atoms with Gasteiger partial charge in [0, 0.05) is 31.0 Å². The van der Waals surface area contributed by atoms with Crippen LogP contribution in [0.4, 0.5) is 0 Å². The molecule has 3 aromatic rings. The number of phenols is 1. The van der Waals surface area contributed by atoms with Gasteiger partial charge in [0.15, 0.2) is 24.3 Å². The van der Waals surface area contributed by atoms with Crippen LogP contribution in [0.5, 0.6) is 23.0 Å². The number of phenolic OH excluding ortho intramolecular Hbond substituents is 1. The molecule has 3 saturated heterocycles. The number of hydrogen-bond donors (Lipinski definition) is 9. The van der Waals surface area contributed by atoms with Gasteiger partial charge in [0.05, 0.1) is 26.4 Å². The van der Waals surface area contributed by atoms with Gasteiger partial charge in [-0.1, -0.05) is 11.6 Å². The molecule has 22 heteroatoms. The molecule has 0 saturated carbocycles. The molecule has 358 valence electrons. The third-order valence-corrected chi connectivity index (χ3v) is 11.0. The minimum Gasteiger partial charge on any atom is -0.507 e. The van der Waals surface area contributed by atoms with Crippen molar-refractivity contribution in [3.63, 3.8) is 0 Å². The molecule has 3 aliphatic rings. The number of carbonyl (C=O) groups is 2. The zero-order valence-corrected chi connectivity index (χ0v) is 36.1. The molecule has 0 spiro atoms. The van der Waals surface area contributed by atoms with E-state index >= 15 is 0 Å². The van der Waals surface area contributed by atoms with E-state index in [1.807, 2.05) is 0 Å². The van der Waals surface area contributed by atoms with Gasteiger partial charge in [-0.15, -0.1) is 0 Å². The van der Waals surface area contributed by atoms with Crippen LogP contribution in [0, 0.1) is 0 Å². The Bertz CT molecular complexity index is 2240. The molecule has 0 radical (unpaired) electrons. The first kappa shape index (κ1) is 49.5. The first-order chi connectivity index (χ1) is 30.8. The van der Waals surface area contributed by atoms with E-state index in [4.69, 9.17) is 47.0 Å². The molecule has 0 amide bonds. The highest BCUT2D eigenvalue weighted by Gasteiger charge is 2.54. The molecule has 3 fully saturated rings. The van der Waals surface area contributed by atoms with Crippen molar-refractivity contribution in [3.05, 3.63) is 57.8 Å². The van der Waals surface area contributed by atoms with E-state index in [9.17, 15) is 60.3 Å². The monoisotopic (exact) mass is 922 g/mol. The van der Waals surface area contributed by atoms with Crippen LogP contribution in [0.2, 0.25) is 0 Å². The maximum Gasteiger partial charge on any atom is 0.303 e. The predicted octanol–water partition coefficient (Wildman–Crippen LogP) is -0.966. The summed E-state index contributed by atoms with van der Waals surface area (Å²) in [4.78, 5) is 39.3. The number of aromatic hydroxyl groups is 1. The summed E-state index contributed by atoms with van der Waals surface area (Å²) in [7, 11) is 1.43. The summed E-state index contributed by atoms with van der Waals surface area (Å²) in [5.74, 6) is -3.20. The van der Waals surface area contributed by atoms with Crippen molar-refractivity contribution in [2.24, 2.45) is 0 Å². The van der Waals surface area contributed by atoms with Crippen LogP contribution in [0.15, 0.2) is 51.2 Å². The fourth-order valence-corrected chi connectivity index (χ4v) is 7.64. The van der Waals surface area contributed by atoms with Crippen molar-refractivity contribution < 1.29 is 103 Å². The van der Waals surface area contributed by atoms with E-state index in [2.05, 4.69) is 0 Å². The molecule has 6 rings (SSSR count). The fraction of sp³-hybridized carbons (Fsp3) is 0.558. The van der Waals surface area contributed by atoms with E-state index in [0.29, 0.717) is 5.75 Å². The lowest BCUT2D eigenvalue weighted by atomic mass is 9.97. The third-order valence-electron chi connectivity index (χ3n) is 11.0. The summed E-state index contributed by atoms with van der Waals surface area (Å²) >= 11 is 0. The Morgan fingerprint density at radius 2 is 1.31 bits per heavy atom. The molecule has 0 aliphatic carbocycles. The van der Waals surface area contributed by atoms with Gasteiger partial charge in [-0.05, 0) is 51.5 Å². The SMILES string of the molecule is COc1ccc(-c2oc3c(CC=C(C)C)c(O[C@@H]4O[C@H](CO)[C@@H](O)[C@H](O)[C@H]4O)cc(O)c3c(=O)c2O[C@@H]2O[C@@H](C)C(OC(C)=O)[C@@H](O[C@@H]3O[C@H](CO)[C@@H](O)[C@H](O)[C@H]3OC(C)=O)[C@H]2O)cc1. The minimum atomic E-state index is -2.02. The number of esters is 2. The van der Waals surface area contributed by atoms with Gasteiger partial charge in [0.2, 0.25) is 23.8 Å². The Kier molecular flexibility index (Phi) is 15.8. The lowest BCUT2D eigenvalue weighted by Crippen LogP contribution is -2.65. The zero-order chi connectivity index (χ0) is 47.6. The fourth-order valence-electron chi connectivity index (χ4n) is 7.64. The topological polar surface area (TPSA) is 329 Å². The first-order valence-electron chi connectivity index (χ1n) is 20.5. The molecule has 1 unspecified atom stereocenters. The number of rotatable bonds is 14. The van der Waals surface area contributed by atoms with E-state index in [0.717, 1.165) is 25.5 Å². The smallest absolute Gasteiger partial charge is 0.303 e. The van der Waals surface area contributed by atoms with E-state index in [1.165, 1.54) is 26.2 Å². The van der Waals surface area contributed by atoms with Crippen molar-refractivity contribution in [1.29, 1.82) is 0 Å². The van der Waals surface area contributed by atoms with Crippen molar-refractivity contribution in [2.75, 3.05) is 20.3 Å². The predicted molar refractivity (Wildman–Crippen MR) is 218 cm³/mol. The number of benzene rings is 2. The summed E-state index contributed by atoms with van der Waals surface area (Å²) < 4.78 is 58.0. The maximum atomic E-state index is 14.9. The van der Waals surface area contributed by atoms with Crippen LogP contribution in [0.1, 0.15) is 40.2 Å². The number of methoxy groups -OCH3 is 1. The molecule has 15 atom stereocenters. The van der Waals surface area contributed by atoms with Gasteiger partial charge < -0.3 is 93.0 Å². The average Bonchev–Trinajstić information content (AvgIpc) is 3.26. The number of fused-ring (bicyclic) bond motifs is 1. The Balaban J connectivity index is 1.48. The van der Waals surface area contributed by atoms with Gasteiger partial charge in [-0.3, -0.25) is 14.4 Å². The highest BCUT2D eigenvalue weighted by Crippen LogP contribution is 2.42. The minimum absolute atomic E-state index is 0.0178. The molecule has 0 bridgehead atoms. The Hall–Kier alpha value is -4.95. The zero-order valence-electron chi connectivity index (χ0n) is 36.1. The van der Waals surface area contributed by atoms with Crippen LogP contribution in [-0.2, 0) is 44.4 Å². The van der Waals surface area contributed by atoms with E-state index in [1.54, 1.807) is 32.1 Å². The normalized spacial score (nSPS) is 32.6. The molecule has 1 aromatic heterocycles. The van der Waals surface area contributed by atoms with Gasteiger partial charge in [-0.25, -0.2) is 0 Å². The molecule has 65 heavy (non-hydrogen) atoms. The quantitative estimate of drug-likeness (QED) is 0.0694. The first-order valence-corrected chi connectivity index (χ1v) is 20.5. The lowest BCUT2D eigenvalue weighted by Gasteiger charge is -2.46. The number of ether oxygens (including phenoxy) is 9. The number of hydrogen-bond acceptors (Lipinski definition) is 22. The van der Waals surface area contributed by atoms with Crippen molar-refractivity contribution in [1.82, 2.24) is 0 Å². The molecule has 3 aliphatic heterocycles. The summed E-state index contributed by atoms with van der Waals surface area (Å²) in [5.41, 5.74) is -0.134. The molecular weight excluding hydrogens is 868 g/mol. The largest absolute Gasteiger partial charge is 0.507 e.